The lowest BCUT2D eigenvalue weighted by Crippen LogP contribution is -2.48. The maximum absolute atomic E-state index is 12.4. The Labute approximate surface area is 128 Å². The molecule has 116 valence electrons. The Morgan fingerprint density at radius 1 is 1.14 bits per heavy atom. The first-order valence-corrected chi connectivity index (χ1v) is 7.44. The van der Waals surface area contributed by atoms with Gasteiger partial charge in [-0.1, -0.05) is 6.07 Å². The van der Waals surface area contributed by atoms with E-state index in [-0.39, 0.29) is 29.2 Å². The molecule has 0 spiro atoms. The minimum atomic E-state index is -0.233. The molecule has 0 unspecified atom stereocenters. The number of hydrogen-bond acceptors (Lipinski definition) is 4. The van der Waals surface area contributed by atoms with Gasteiger partial charge < -0.3 is 15.1 Å². The van der Waals surface area contributed by atoms with Crippen molar-refractivity contribution in [3.8, 4) is 0 Å². The van der Waals surface area contributed by atoms with E-state index in [2.05, 4.69) is 10.3 Å². The molecule has 1 aromatic rings. The highest BCUT2D eigenvalue weighted by Gasteiger charge is 2.26. The zero-order chi connectivity index (χ0) is 15.5. The molecule has 0 bridgehead atoms. The molecule has 2 fully saturated rings. The molecule has 1 aromatic heterocycles. The van der Waals surface area contributed by atoms with Gasteiger partial charge in [0.1, 0.15) is 11.4 Å². The summed E-state index contributed by atoms with van der Waals surface area (Å²) >= 11 is 0. The summed E-state index contributed by atoms with van der Waals surface area (Å²) in [6, 6.07) is 5.15. The van der Waals surface area contributed by atoms with Crippen LogP contribution < -0.4 is 5.32 Å². The second-order valence-corrected chi connectivity index (χ2v) is 5.59. The van der Waals surface area contributed by atoms with Gasteiger partial charge in [-0.3, -0.25) is 14.4 Å². The van der Waals surface area contributed by atoms with Crippen LogP contribution in [0, 0.1) is 0 Å². The summed E-state index contributed by atoms with van der Waals surface area (Å²) in [5, 5.41) is 2.86. The van der Waals surface area contributed by atoms with Crippen molar-refractivity contribution in [3.05, 3.63) is 29.6 Å². The molecule has 3 amide bonds. The monoisotopic (exact) mass is 302 g/mol. The topological polar surface area (TPSA) is 82.6 Å². The molecular weight excluding hydrogens is 284 g/mol. The number of hydrogen-bond donors (Lipinski definition) is 1. The van der Waals surface area contributed by atoms with Gasteiger partial charge in [0.15, 0.2) is 0 Å². The summed E-state index contributed by atoms with van der Waals surface area (Å²) in [7, 11) is 0. The molecule has 7 nitrogen and oxygen atoms in total. The second kappa shape index (κ2) is 6.13. The van der Waals surface area contributed by atoms with Crippen LogP contribution in [-0.2, 0) is 4.79 Å². The second-order valence-electron chi connectivity index (χ2n) is 5.59. The number of aromatic nitrogens is 1. The van der Waals surface area contributed by atoms with Crippen molar-refractivity contribution >= 4 is 18.2 Å². The van der Waals surface area contributed by atoms with Gasteiger partial charge in [-0.05, 0) is 25.0 Å². The Morgan fingerprint density at radius 3 is 2.45 bits per heavy atom. The first-order chi connectivity index (χ1) is 10.7. The molecule has 1 aliphatic heterocycles. The maximum atomic E-state index is 12.4. The van der Waals surface area contributed by atoms with Crippen LogP contribution in [0.25, 0.3) is 0 Å². The van der Waals surface area contributed by atoms with Crippen molar-refractivity contribution in [1.29, 1.82) is 0 Å². The molecule has 1 saturated carbocycles. The molecule has 7 heteroatoms. The van der Waals surface area contributed by atoms with Gasteiger partial charge >= 0.3 is 0 Å². The summed E-state index contributed by atoms with van der Waals surface area (Å²) in [4.78, 5) is 42.6. The summed E-state index contributed by atoms with van der Waals surface area (Å²) in [6.07, 6.45) is 2.81. The summed E-state index contributed by atoms with van der Waals surface area (Å²) in [6.45, 7) is 2.02. The predicted molar refractivity (Wildman–Crippen MR) is 78.3 cm³/mol. The van der Waals surface area contributed by atoms with Crippen LogP contribution in [-0.4, -0.2) is 65.2 Å². The van der Waals surface area contributed by atoms with Crippen LogP contribution in [0.2, 0.25) is 0 Å². The van der Waals surface area contributed by atoms with Gasteiger partial charge in [0, 0.05) is 32.2 Å². The van der Waals surface area contributed by atoms with Crippen LogP contribution in [0.15, 0.2) is 18.2 Å². The van der Waals surface area contributed by atoms with Crippen LogP contribution >= 0.6 is 0 Å². The highest BCUT2D eigenvalue weighted by Crippen LogP contribution is 2.19. The van der Waals surface area contributed by atoms with Crippen molar-refractivity contribution < 1.29 is 14.4 Å². The van der Waals surface area contributed by atoms with Crippen molar-refractivity contribution in [3.63, 3.8) is 0 Å². The van der Waals surface area contributed by atoms with E-state index in [4.69, 9.17) is 0 Å². The number of carbonyl (C=O) groups is 3. The van der Waals surface area contributed by atoms with Gasteiger partial charge in [0.2, 0.25) is 6.41 Å². The van der Waals surface area contributed by atoms with Gasteiger partial charge in [-0.15, -0.1) is 0 Å². The highest BCUT2D eigenvalue weighted by atomic mass is 16.2. The number of nitrogens with one attached hydrogen (secondary N) is 1. The number of rotatable bonds is 4. The Kier molecular flexibility index (Phi) is 4.04. The fraction of sp³-hybridized carbons (Fsp3) is 0.467. The molecule has 1 N–H and O–H groups in total. The van der Waals surface area contributed by atoms with Crippen LogP contribution in [0.1, 0.15) is 33.8 Å². The fourth-order valence-electron chi connectivity index (χ4n) is 2.36. The van der Waals surface area contributed by atoms with Gasteiger partial charge in [-0.2, -0.15) is 0 Å². The van der Waals surface area contributed by atoms with Crippen molar-refractivity contribution in [2.24, 2.45) is 0 Å². The zero-order valence-electron chi connectivity index (χ0n) is 12.2. The van der Waals surface area contributed by atoms with E-state index in [1.807, 2.05) is 0 Å². The van der Waals surface area contributed by atoms with E-state index < -0.39 is 0 Å². The number of pyridine rings is 1. The SMILES string of the molecule is O=CN1CCN(C(=O)c2cccc(C(=O)NC3CC3)n2)CC1. The van der Waals surface area contributed by atoms with E-state index in [1.54, 1.807) is 28.0 Å². The molecule has 2 heterocycles. The fourth-order valence-corrected chi connectivity index (χ4v) is 2.36. The van der Waals surface area contributed by atoms with Crippen molar-refractivity contribution in [1.82, 2.24) is 20.1 Å². The third kappa shape index (κ3) is 3.24. The first-order valence-electron chi connectivity index (χ1n) is 7.44. The van der Waals surface area contributed by atoms with Crippen molar-refractivity contribution in [2.75, 3.05) is 26.2 Å². The standard InChI is InChI=1S/C15H18N4O3/c20-10-18-6-8-19(9-7-18)15(22)13-3-1-2-12(17-13)14(21)16-11-4-5-11/h1-3,10-11H,4-9H2,(H,16,21). The number of piperazine rings is 1. The molecule has 1 aliphatic carbocycles. The third-order valence-corrected chi connectivity index (χ3v) is 3.86. The van der Waals surface area contributed by atoms with Gasteiger partial charge in [0.05, 0.1) is 0 Å². The minimum absolute atomic E-state index is 0.202. The van der Waals surface area contributed by atoms with E-state index in [0.29, 0.717) is 26.2 Å². The lowest BCUT2D eigenvalue weighted by molar-refractivity contribution is -0.119. The lowest BCUT2D eigenvalue weighted by Gasteiger charge is -2.32. The minimum Gasteiger partial charge on any atom is -0.348 e. The molecule has 3 rings (SSSR count). The quantitative estimate of drug-likeness (QED) is 0.787. The molecule has 0 aromatic carbocycles. The van der Waals surface area contributed by atoms with Crippen LogP contribution in [0.3, 0.4) is 0 Å². The van der Waals surface area contributed by atoms with Gasteiger partial charge in [-0.25, -0.2) is 4.98 Å². The smallest absolute Gasteiger partial charge is 0.272 e. The Bertz CT molecular complexity index is 592. The third-order valence-electron chi connectivity index (χ3n) is 3.86. The summed E-state index contributed by atoms with van der Waals surface area (Å²) in [5.74, 6) is -0.436. The zero-order valence-corrected chi connectivity index (χ0v) is 12.2. The predicted octanol–water partition coefficient (Wildman–Crippen LogP) is -0.112. The van der Waals surface area contributed by atoms with Crippen LogP contribution in [0.4, 0.5) is 0 Å². The van der Waals surface area contributed by atoms with Crippen LogP contribution in [0.5, 0.6) is 0 Å². The first kappa shape index (κ1) is 14.5. The van der Waals surface area contributed by atoms with E-state index in [9.17, 15) is 14.4 Å². The van der Waals surface area contributed by atoms with E-state index in [0.717, 1.165) is 19.3 Å². The normalized spacial score (nSPS) is 18.0. The molecule has 2 aliphatic rings. The lowest BCUT2D eigenvalue weighted by atomic mass is 10.2. The molecular formula is C15H18N4O3. The highest BCUT2D eigenvalue weighted by molar-refractivity contribution is 5.96. The molecule has 1 saturated heterocycles. The largest absolute Gasteiger partial charge is 0.348 e. The number of nitrogens with zero attached hydrogens (tertiary/aromatic N) is 3. The average molecular weight is 302 g/mol. The number of amides is 3. The Balaban J connectivity index is 1.67. The van der Waals surface area contributed by atoms with Crippen molar-refractivity contribution in [2.45, 2.75) is 18.9 Å². The van der Waals surface area contributed by atoms with Gasteiger partial charge in [0.25, 0.3) is 11.8 Å². The molecule has 0 atom stereocenters. The number of carbonyl (C=O) groups excluding carboxylic acids is 3. The van der Waals surface area contributed by atoms with E-state index in [1.165, 1.54) is 0 Å². The average Bonchev–Trinajstić information content (AvgIpc) is 3.38. The summed E-state index contributed by atoms with van der Waals surface area (Å²) in [5.41, 5.74) is 0.535. The maximum Gasteiger partial charge on any atom is 0.272 e. The molecule has 0 radical (unpaired) electrons. The summed E-state index contributed by atoms with van der Waals surface area (Å²) < 4.78 is 0. The van der Waals surface area contributed by atoms with E-state index >= 15 is 0 Å². The molecule has 22 heavy (non-hydrogen) atoms. The Morgan fingerprint density at radius 2 is 1.82 bits per heavy atom. The Hall–Kier alpha value is -2.44.